The molecule has 0 bridgehead atoms. The van der Waals surface area contributed by atoms with Gasteiger partial charge in [-0.25, -0.2) is 0 Å². The molecule has 10 heteroatoms. The highest BCUT2D eigenvalue weighted by Crippen LogP contribution is 2.40. The molecule has 0 saturated carbocycles. The van der Waals surface area contributed by atoms with Crippen LogP contribution in [-0.2, 0) is 9.53 Å². The van der Waals surface area contributed by atoms with E-state index < -0.39 is 11.8 Å². The molecule has 0 radical (unpaired) electrons. The number of nitrogens with zero attached hydrogens (tertiary/aromatic N) is 2. The van der Waals surface area contributed by atoms with Crippen LogP contribution in [0.4, 0.5) is 0 Å². The molecular weight excluding hydrogens is 490 g/mol. The van der Waals surface area contributed by atoms with Gasteiger partial charge >= 0.3 is 0 Å². The molecule has 1 spiro atoms. The van der Waals surface area contributed by atoms with Gasteiger partial charge in [-0.3, -0.25) is 19.3 Å². The molecule has 204 valence electrons. The molecule has 2 aliphatic rings. The number of ether oxygens (including phenoxy) is 4. The molecule has 1 N–H and O–H groups in total. The Morgan fingerprint density at radius 1 is 0.921 bits per heavy atom. The molecule has 0 aliphatic carbocycles. The van der Waals surface area contributed by atoms with Gasteiger partial charge in [0.15, 0.2) is 0 Å². The maximum absolute atomic E-state index is 13.8. The van der Waals surface area contributed by atoms with Gasteiger partial charge in [-0.05, 0) is 50.2 Å². The molecule has 2 aromatic rings. The highest BCUT2D eigenvalue weighted by molar-refractivity contribution is 6.00. The highest BCUT2D eigenvalue weighted by Gasteiger charge is 2.54. The molecule has 2 saturated heterocycles. The van der Waals surface area contributed by atoms with Gasteiger partial charge in [0.2, 0.25) is 5.91 Å². The van der Waals surface area contributed by atoms with E-state index in [0.29, 0.717) is 54.3 Å². The highest BCUT2D eigenvalue weighted by atomic mass is 16.5. The van der Waals surface area contributed by atoms with Gasteiger partial charge in [0.05, 0.1) is 27.9 Å². The summed E-state index contributed by atoms with van der Waals surface area (Å²) in [7, 11) is 4.57. The van der Waals surface area contributed by atoms with E-state index in [1.54, 1.807) is 59.4 Å². The van der Waals surface area contributed by atoms with E-state index in [9.17, 15) is 14.4 Å². The van der Waals surface area contributed by atoms with Gasteiger partial charge in [-0.2, -0.15) is 0 Å². The van der Waals surface area contributed by atoms with Crippen molar-refractivity contribution in [3.05, 3.63) is 53.6 Å². The maximum atomic E-state index is 13.8. The van der Waals surface area contributed by atoms with Crippen molar-refractivity contribution in [1.29, 1.82) is 0 Å². The van der Waals surface area contributed by atoms with Crippen LogP contribution in [0.25, 0.3) is 0 Å². The van der Waals surface area contributed by atoms with Crippen molar-refractivity contribution in [2.75, 3.05) is 41.0 Å². The fourth-order valence-corrected chi connectivity index (χ4v) is 5.10. The van der Waals surface area contributed by atoms with E-state index in [2.05, 4.69) is 5.32 Å². The topological polar surface area (TPSA) is 107 Å². The summed E-state index contributed by atoms with van der Waals surface area (Å²) < 4.78 is 22.3. The lowest BCUT2D eigenvalue weighted by molar-refractivity contribution is -0.128. The van der Waals surface area contributed by atoms with Gasteiger partial charge in [-0.15, -0.1) is 0 Å². The lowest BCUT2D eigenvalue weighted by Crippen LogP contribution is -2.60. The first-order valence-corrected chi connectivity index (χ1v) is 12.7. The second kappa shape index (κ2) is 11.3. The molecule has 10 nitrogen and oxygen atoms in total. The molecule has 2 heterocycles. The number of hydrogen-bond donors (Lipinski definition) is 1. The van der Waals surface area contributed by atoms with Crippen LogP contribution in [0.3, 0.4) is 0 Å². The quantitative estimate of drug-likeness (QED) is 0.592. The van der Waals surface area contributed by atoms with Crippen molar-refractivity contribution < 1.29 is 33.3 Å². The number of piperidine rings is 1. The summed E-state index contributed by atoms with van der Waals surface area (Å²) in [5.74, 6) is 0.675. The van der Waals surface area contributed by atoms with Gasteiger partial charge in [-0.1, -0.05) is 6.07 Å². The number of likely N-dealkylation sites (tertiary alicyclic amines) is 1. The molecule has 1 atom stereocenters. The molecular formula is C28H35N3O7. The van der Waals surface area contributed by atoms with Crippen molar-refractivity contribution in [3.8, 4) is 17.2 Å². The van der Waals surface area contributed by atoms with E-state index in [1.807, 2.05) is 13.8 Å². The average molecular weight is 526 g/mol. The van der Waals surface area contributed by atoms with Gasteiger partial charge in [0.1, 0.15) is 34.6 Å². The Balaban J connectivity index is 1.60. The van der Waals surface area contributed by atoms with Crippen LogP contribution in [0.2, 0.25) is 0 Å². The molecule has 2 aliphatic heterocycles. The second-order valence-electron chi connectivity index (χ2n) is 9.67. The standard InChI is InChI=1S/C28H35N3O7/c1-18(2)29-25(32)21-17-38-28(31(21)26(33)19-9-11-20(35-3)12-10-19)13-15-30(16-14-28)27(34)24-22(36-4)7-6-8-23(24)37-5/h6-12,18,21H,13-17H2,1-5H3,(H,29,32). The molecule has 4 rings (SSSR count). The number of carbonyl (C=O) groups excluding carboxylic acids is 3. The van der Waals surface area contributed by atoms with Crippen LogP contribution in [0.1, 0.15) is 47.4 Å². The van der Waals surface area contributed by atoms with Crippen LogP contribution in [0, 0.1) is 0 Å². The Hall–Kier alpha value is -3.79. The second-order valence-corrected chi connectivity index (χ2v) is 9.67. The van der Waals surface area contributed by atoms with Crippen molar-refractivity contribution in [2.24, 2.45) is 0 Å². The third kappa shape index (κ3) is 5.13. The SMILES string of the molecule is COc1ccc(C(=O)N2C(C(=O)NC(C)C)COC23CCN(C(=O)c2c(OC)cccc2OC)CC3)cc1. The smallest absolute Gasteiger partial charge is 0.261 e. The average Bonchev–Trinajstić information content (AvgIpc) is 3.30. The normalized spacial score (nSPS) is 18.4. The predicted octanol–water partition coefficient (Wildman–Crippen LogP) is 2.71. The number of nitrogens with one attached hydrogen (secondary N) is 1. The van der Waals surface area contributed by atoms with Crippen molar-refractivity contribution >= 4 is 17.7 Å². The van der Waals surface area contributed by atoms with Crippen LogP contribution < -0.4 is 19.5 Å². The van der Waals surface area contributed by atoms with Crippen LogP contribution in [0.15, 0.2) is 42.5 Å². The summed E-state index contributed by atoms with van der Waals surface area (Å²) in [5.41, 5.74) is -0.242. The lowest BCUT2D eigenvalue weighted by atomic mass is 9.95. The lowest BCUT2D eigenvalue weighted by Gasteiger charge is -2.44. The Morgan fingerprint density at radius 3 is 2.05 bits per heavy atom. The minimum atomic E-state index is -1.02. The Bertz CT molecular complexity index is 1150. The van der Waals surface area contributed by atoms with Crippen molar-refractivity contribution in [3.63, 3.8) is 0 Å². The zero-order valence-electron chi connectivity index (χ0n) is 22.5. The van der Waals surface area contributed by atoms with Crippen LogP contribution in [-0.4, -0.2) is 86.4 Å². The minimum Gasteiger partial charge on any atom is -0.497 e. The Kier molecular flexibility index (Phi) is 8.11. The summed E-state index contributed by atoms with van der Waals surface area (Å²) in [4.78, 5) is 43.8. The summed E-state index contributed by atoms with van der Waals surface area (Å²) >= 11 is 0. The number of amides is 3. The first-order valence-electron chi connectivity index (χ1n) is 12.7. The van der Waals surface area contributed by atoms with Crippen LogP contribution >= 0.6 is 0 Å². The molecule has 1 unspecified atom stereocenters. The first kappa shape index (κ1) is 27.3. The van der Waals surface area contributed by atoms with E-state index in [1.165, 1.54) is 14.2 Å². The van der Waals surface area contributed by atoms with Gasteiger partial charge < -0.3 is 29.2 Å². The zero-order chi connectivity index (χ0) is 27.4. The molecule has 0 aromatic heterocycles. The summed E-state index contributed by atoms with van der Waals surface area (Å²) in [6, 6.07) is 11.1. The van der Waals surface area contributed by atoms with E-state index in [4.69, 9.17) is 18.9 Å². The van der Waals surface area contributed by atoms with Crippen LogP contribution in [0.5, 0.6) is 17.2 Å². The Labute approximate surface area is 222 Å². The summed E-state index contributed by atoms with van der Waals surface area (Å²) in [6.45, 7) is 4.47. The maximum Gasteiger partial charge on any atom is 0.261 e. The number of carbonyl (C=O) groups is 3. The van der Waals surface area contributed by atoms with Gasteiger partial charge in [0.25, 0.3) is 11.8 Å². The largest absolute Gasteiger partial charge is 0.497 e. The third-order valence-corrected chi connectivity index (χ3v) is 7.02. The fourth-order valence-electron chi connectivity index (χ4n) is 5.10. The number of methoxy groups -OCH3 is 3. The third-order valence-electron chi connectivity index (χ3n) is 7.02. The number of rotatable bonds is 7. The number of hydrogen-bond acceptors (Lipinski definition) is 7. The van der Waals surface area contributed by atoms with E-state index >= 15 is 0 Å². The van der Waals surface area contributed by atoms with E-state index in [-0.39, 0.29) is 30.4 Å². The number of benzene rings is 2. The molecule has 3 amide bonds. The van der Waals surface area contributed by atoms with Crippen molar-refractivity contribution in [2.45, 2.75) is 44.5 Å². The monoisotopic (exact) mass is 525 g/mol. The van der Waals surface area contributed by atoms with Gasteiger partial charge in [0, 0.05) is 37.5 Å². The summed E-state index contributed by atoms with van der Waals surface area (Å²) in [5, 5.41) is 2.91. The molecule has 2 fully saturated rings. The van der Waals surface area contributed by atoms with Crippen molar-refractivity contribution in [1.82, 2.24) is 15.1 Å². The first-order chi connectivity index (χ1) is 18.2. The molecule has 2 aromatic carbocycles. The predicted molar refractivity (Wildman–Crippen MR) is 140 cm³/mol. The molecule has 38 heavy (non-hydrogen) atoms. The van der Waals surface area contributed by atoms with E-state index in [0.717, 1.165) is 0 Å². The zero-order valence-corrected chi connectivity index (χ0v) is 22.5. The Morgan fingerprint density at radius 2 is 1.53 bits per heavy atom. The fraction of sp³-hybridized carbons (Fsp3) is 0.464. The minimum absolute atomic E-state index is 0.0781. The summed E-state index contributed by atoms with van der Waals surface area (Å²) in [6.07, 6.45) is 0.702.